The van der Waals surface area contributed by atoms with E-state index in [1.807, 2.05) is 27.7 Å². The van der Waals surface area contributed by atoms with Gasteiger partial charge in [-0.1, -0.05) is 0 Å². The van der Waals surface area contributed by atoms with Crippen molar-refractivity contribution < 1.29 is 14.3 Å². The van der Waals surface area contributed by atoms with E-state index in [0.29, 0.717) is 19.7 Å². The molecule has 2 N–H and O–H groups in total. The molecule has 0 aromatic heterocycles. The van der Waals surface area contributed by atoms with Crippen molar-refractivity contribution in [3.05, 3.63) is 0 Å². The molecule has 0 bridgehead atoms. The molecule has 0 unspecified atom stereocenters. The normalized spacial score (nSPS) is 24.1. The number of nitrogens with zero attached hydrogens (tertiary/aromatic N) is 1. The van der Waals surface area contributed by atoms with Crippen molar-refractivity contribution in [2.45, 2.75) is 45.4 Å². The molecular weight excluding hydrogens is 208 g/mol. The second-order valence-electron chi connectivity index (χ2n) is 5.19. The van der Waals surface area contributed by atoms with Crippen LogP contribution in [0.25, 0.3) is 0 Å². The monoisotopic (exact) mass is 230 g/mol. The smallest absolute Gasteiger partial charge is 0.410 e. The Hall–Kier alpha value is -0.810. The summed E-state index contributed by atoms with van der Waals surface area (Å²) in [6.07, 6.45) is -0.386. The molecule has 0 aliphatic carbocycles. The van der Waals surface area contributed by atoms with Gasteiger partial charge in [0.2, 0.25) is 0 Å². The van der Waals surface area contributed by atoms with Gasteiger partial charge in [0.25, 0.3) is 0 Å². The minimum Gasteiger partial charge on any atom is -0.444 e. The molecule has 5 heteroatoms. The summed E-state index contributed by atoms with van der Waals surface area (Å²) in [6, 6.07) is -0.0785. The Morgan fingerprint density at radius 2 is 2.19 bits per heavy atom. The van der Waals surface area contributed by atoms with E-state index in [0.717, 1.165) is 0 Å². The lowest BCUT2D eigenvalue weighted by Gasteiger charge is -2.35. The Morgan fingerprint density at radius 1 is 1.56 bits per heavy atom. The predicted molar refractivity (Wildman–Crippen MR) is 61.2 cm³/mol. The average Bonchev–Trinajstić information content (AvgIpc) is 2.15. The molecule has 2 atom stereocenters. The van der Waals surface area contributed by atoms with Crippen molar-refractivity contribution in [3.8, 4) is 0 Å². The number of hydrogen-bond donors (Lipinski definition) is 1. The lowest BCUT2D eigenvalue weighted by molar-refractivity contribution is -0.0483. The SMILES string of the molecule is C[C@@H](N)[C@H]1CN(C(=O)OC(C)(C)C)CCO1. The Balaban J connectivity index is 2.50. The van der Waals surface area contributed by atoms with Gasteiger partial charge in [0.15, 0.2) is 0 Å². The molecular formula is C11H22N2O3. The molecule has 0 saturated carbocycles. The number of morpholine rings is 1. The van der Waals surface area contributed by atoms with Gasteiger partial charge >= 0.3 is 6.09 Å². The number of amides is 1. The number of rotatable bonds is 1. The molecule has 0 spiro atoms. The van der Waals surface area contributed by atoms with Gasteiger partial charge in [0.05, 0.1) is 19.3 Å². The highest BCUT2D eigenvalue weighted by Gasteiger charge is 2.29. The second-order valence-corrected chi connectivity index (χ2v) is 5.19. The minimum absolute atomic E-state index is 0.0785. The van der Waals surface area contributed by atoms with E-state index in [1.165, 1.54) is 0 Å². The van der Waals surface area contributed by atoms with Gasteiger partial charge in [-0.05, 0) is 27.7 Å². The van der Waals surface area contributed by atoms with Crippen LogP contribution in [0.1, 0.15) is 27.7 Å². The van der Waals surface area contributed by atoms with Crippen LogP contribution in [0.5, 0.6) is 0 Å². The number of hydrogen-bond acceptors (Lipinski definition) is 4. The molecule has 1 heterocycles. The zero-order valence-electron chi connectivity index (χ0n) is 10.5. The fraction of sp³-hybridized carbons (Fsp3) is 0.909. The van der Waals surface area contributed by atoms with Crippen LogP contribution < -0.4 is 5.73 Å². The largest absolute Gasteiger partial charge is 0.444 e. The van der Waals surface area contributed by atoms with Crippen molar-refractivity contribution in [2.75, 3.05) is 19.7 Å². The third kappa shape index (κ3) is 3.98. The van der Waals surface area contributed by atoms with Crippen LogP contribution in [-0.2, 0) is 9.47 Å². The van der Waals surface area contributed by atoms with Crippen molar-refractivity contribution in [1.82, 2.24) is 4.90 Å². The first-order chi connectivity index (χ1) is 7.29. The van der Waals surface area contributed by atoms with Crippen molar-refractivity contribution >= 4 is 6.09 Å². The molecule has 16 heavy (non-hydrogen) atoms. The summed E-state index contributed by atoms with van der Waals surface area (Å²) in [6.45, 7) is 9.04. The molecule has 1 rings (SSSR count). The molecule has 1 fully saturated rings. The lowest BCUT2D eigenvalue weighted by atomic mass is 10.1. The number of carbonyl (C=O) groups is 1. The van der Waals surface area contributed by atoms with Crippen LogP contribution in [0.4, 0.5) is 4.79 Å². The Bertz CT molecular complexity index is 248. The predicted octanol–water partition coefficient (Wildman–Crippen LogP) is 0.969. The molecule has 1 saturated heterocycles. The van der Waals surface area contributed by atoms with Crippen LogP contribution in [0.15, 0.2) is 0 Å². The summed E-state index contributed by atoms with van der Waals surface area (Å²) in [5, 5.41) is 0. The third-order valence-electron chi connectivity index (χ3n) is 2.33. The van der Waals surface area contributed by atoms with Crippen LogP contribution in [0.2, 0.25) is 0 Å². The first-order valence-electron chi connectivity index (χ1n) is 5.65. The summed E-state index contributed by atoms with van der Waals surface area (Å²) in [5.41, 5.74) is 5.29. The highest BCUT2D eigenvalue weighted by atomic mass is 16.6. The van der Waals surface area contributed by atoms with E-state index in [9.17, 15) is 4.79 Å². The Kier molecular flexibility index (Phi) is 4.15. The summed E-state index contributed by atoms with van der Waals surface area (Å²) in [5.74, 6) is 0. The van der Waals surface area contributed by atoms with E-state index in [4.69, 9.17) is 15.2 Å². The van der Waals surface area contributed by atoms with Crippen molar-refractivity contribution in [1.29, 1.82) is 0 Å². The molecule has 1 aliphatic rings. The quantitative estimate of drug-likeness (QED) is 0.729. The van der Waals surface area contributed by atoms with Gasteiger partial charge < -0.3 is 20.1 Å². The van der Waals surface area contributed by atoms with E-state index in [1.54, 1.807) is 4.90 Å². The minimum atomic E-state index is -0.459. The zero-order valence-corrected chi connectivity index (χ0v) is 10.5. The molecule has 0 aromatic carbocycles. The first-order valence-corrected chi connectivity index (χ1v) is 5.65. The number of nitrogens with two attached hydrogens (primary N) is 1. The van der Waals surface area contributed by atoms with Crippen molar-refractivity contribution in [2.24, 2.45) is 5.73 Å². The third-order valence-corrected chi connectivity index (χ3v) is 2.33. The highest BCUT2D eigenvalue weighted by molar-refractivity contribution is 5.68. The summed E-state index contributed by atoms with van der Waals surface area (Å²) in [4.78, 5) is 13.4. The van der Waals surface area contributed by atoms with E-state index in [-0.39, 0.29) is 18.2 Å². The molecule has 5 nitrogen and oxygen atoms in total. The van der Waals surface area contributed by atoms with Crippen LogP contribution in [0, 0.1) is 0 Å². The van der Waals surface area contributed by atoms with Gasteiger partial charge in [0.1, 0.15) is 5.60 Å². The van der Waals surface area contributed by atoms with Gasteiger partial charge in [-0.2, -0.15) is 0 Å². The topological polar surface area (TPSA) is 64.8 Å². The van der Waals surface area contributed by atoms with E-state index < -0.39 is 5.60 Å². The van der Waals surface area contributed by atoms with Gasteiger partial charge in [0, 0.05) is 12.6 Å². The maximum Gasteiger partial charge on any atom is 0.410 e. The first kappa shape index (κ1) is 13.3. The molecule has 1 amide bonds. The van der Waals surface area contributed by atoms with Crippen LogP contribution in [0.3, 0.4) is 0 Å². The summed E-state index contributed by atoms with van der Waals surface area (Å²) in [7, 11) is 0. The zero-order chi connectivity index (χ0) is 12.3. The van der Waals surface area contributed by atoms with Crippen molar-refractivity contribution in [3.63, 3.8) is 0 Å². The van der Waals surface area contributed by atoms with Gasteiger partial charge in [-0.15, -0.1) is 0 Å². The van der Waals surface area contributed by atoms with Crippen LogP contribution >= 0.6 is 0 Å². The maximum atomic E-state index is 11.8. The maximum absolute atomic E-state index is 11.8. The Labute approximate surface area is 96.9 Å². The summed E-state index contributed by atoms with van der Waals surface area (Å²) >= 11 is 0. The number of carbonyl (C=O) groups excluding carboxylic acids is 1. The Morgan fingerprint density at radius 3 is 2.69 bits per heavy atom. The highest BCUT2D eigenvalue weighted by Crippen LogP contribution is 2.13. The summed E-state index contributed by atoms with van der Waals surface area (Å²) < 4.78 is 10.8. The molecule has 94 valence electrons. The second kappa shape index (κ2) is 5.01. The average molecular weight is 230 g/mol. The number of ether oxygens (including phenoxy) is 2. The van der Waals surface area contributed by atoms with E-state index in [2.05, 4.69) is 0 Å². The standard InChI is InChI=1S/C11H22N2O3/c1-8(12)9-7-13(5-6-15-9)10(14)16-11(2,3)4/h8-9H,5-7,12H2,1-4H3/t8-,9-/m1/s1. The fourth-order valence-electron chi connectivity index (χ4n) is 1.49. The van der Waals surface area contributed by atoms with Gasteiger partial charge in [-0.25, -0.2) is 4.79 Å². The lowest BCUT2D eigenvalue weighted by Crippen LogP contribution is -2.52. The van der Waals surface area contributed by atoms with E-state index >= 15 is 0 Å². The fourth-order valence-corrected chi connectivity index (χ4v) is 1.49. The van der Waals surface area contributed by atoms with Gasteiger partial charge in [-0.3, -0.25) is 0 Å². The molecule has 1 aliphatic heterocycles. The molecule has 0 radical (unpaired) electrons. The molecule has 0 aromatic rings. The van der Waals surface area contributed by atoms with Crippen LogP contribution in [-0.4, -0.2) is 48.4 Å².